The van der Waals surface area contributed by atoms with Gasteiger partial charge in [0.1, 0.15) is 25.8 Å². The van der Waals surface area contributed by atoms with E-state index in [0.29, 0.717) is 32.5 Å². The van der Waals surface area contributed by atoms with Gasteiger partial charge in [0.2, 0.25) is 0 Å². The van der Waals surface area contributed by atoms with E-state index < -0.39 is 72.8 Å². The maximum Gasteiger partial charge on any atom is 0.192 e. The lowest BCUT2D eigenvalue weighted by atomic mass is 9.76. The Morgan fingerprint density at radius 3 is 1.82 bits per heavy atom. The van der Waals surface area contributed by atoms with Crippen molar-refractivity contribution in [3.8, 4) is 0 Å². The monoisotopic (exact) mass is 1080 g/mol. The number of ketones is 1. The fourth-order valence-electron chi connectivity index (χ4n) is 9.74. The molecule has 0 unspecified atom stereocenters. The fraction of sp³-hybridized carbons (Fsp3) is 0.825. The molecule has 16 heteroatoms. The molecule has 0 spiro atoms. The van der Waals surface area contributed by atoms with E-state index in [1.54, 1.807) is 7.11 Å². The molecule has 9 atom stereocenters. The van der Waals surface area contributed by atoms with Crippen LogP contribution in [0.15, 0.2) is 42.0 Å². The average Bonchev–Trinajstić information content (AvgIpc) is 3.67. The predicted molar refractivity (Wildman–Crippen MR) is 301 cm³/mol. The number of Topliss-reactive ketones (excluding diaryl/α,β-unsaturated/α-hetero) is 1. The molecule has 1 aromatic carbocycles. The average molecular weight is 1080 g/mol. The number of ether oxygens (including phenoxy) is 8. The number of carbonyl (C=O) groups excluding carboxylic acids is 2. The summed E-state index contributed by atoms with van der Waals surface area (Å²) in [5.74, 6) is -0.958. The number of rotatable bonds is 39. The number of hydrogen-bond acceptors (Lipinski definition) is 13. The SMILES string of the molecule is CC[C@H](/C=C(/C)[C@H](C[C@H](C[C@H](O[Si](CC)(CC)CC)C(C)(C)C(=O)[C@@H]1OC(C)(C)O[C@@H]1C[C@H](C[C@@H](OCOC)[C@@H](C=O)OCOC)O[Si](C)(C)C(C)(C)C)OC)O[Si](CC)(CC)CC)COCc1ccccc1. The first-order valence-electron chi connectivity index (χ1n) is 27.7. The van der Waals surface area contributed by atoms with Crippen LogP contribution in [0.2, 0.25) is 54.4 Å². The van der Waals surface area contributed by atoms with Crippen molar-refractivity contribution in [1.29, 1.82) is 0 Å². The molecule has 424 valence electrons. The first kappa shape index (κ1) is 67.6. The highest BCUT2D eigenvalue weighted by molar-refractivity contribution is 6.74. The van der Waals surface area contributed by atoms with Gasteiger partial charge in [0.05, 0.1) is 55.3 Å². The minimum atomic E-state index is -2.45. The largest absolute Gasteiger partial charge is 0.414 e. The van der Waals surface area contributed by atoms with Gasteiger partial charge in [0.15, 0.2) is 42.8 Å². The summed E-state index contributed by atoms with van der Waals surface area (Å²) in [6.45, 7) is 37.6. The predicted octanol–water partition coefficient (Wildman–Crippen LogP) is 13.2. The minimum Gasteiger partial charge on any atom is -0.414 e. The molecule has 0 amide bonds. The van der Waals surface area contributed by atoms with Crippen LogP contribution in [-0.2, 0) is 67.4 Å². The smallest absolute Gasteiger partial charge is 0.192 e. The van der Waals surface area contributed by atoms with Gasteiger partial charge in [-0.25, -0.2) is 0 Å². The lowest BCUT2D eigenvalue weighted by molar-refractivity contribution is -0.169. The van der Waals surface area contributed by atoms with E-state index in [0.717, 1.165) is 54.5 Å². The molecular formula is C57H106O13Si3. The van der Waals surface area contributed by atoms with E-state index in [9.17, 15) is 4.79 Å². The van der Waals surface area contributed by atoms with E-state index in [2.05, 4.69) is 107 Å². The molecule has 0 bridgehead atoms. The molecule has 1 aliphatic rings. The van der Waals surface area contributed by atoms with Gasteiger partial charge in [0.25, 0.3) is 0 Å². The van der Waals surface area contributed by atoms with Crippen LogP contribution in [0.4, 0.5) is 0 Å². The van der Waals surface area contributed by atoms with Crippen LogP contribution < -0.4 is 0 Å². The van der Waals surface area contributed by atoms with Crippen LogP contribution in [0.1, 0.15) is 142 Å². The Morgan fingerprint density at radius 1 is 0.753 bits per heavy atom. The summed E-state index contributed by atoms with van der Waals surface area (Å²) in [5, 5.41) is -0.148. The summed E-state index contributed by atoms with van der Waals surface area (Å²) >= 11 is 0. The van der Waals surface area contributed by atoms with Crippen molar-refractivity contribution in [2.24, 2.45) is 11.3 Å². The lowest BCUT2D eigenvalue weighted by Gasteiger charge is -2.43. The second-order valence-corrected chi connectivity index (χ2v) is 37.2. The molecule has 1 aromatic rings. The van der Waals surface area contributed by atoms with Crippen LogP contribution in [0.5, 0.6) is 0 Å². The van der Waals surface area contributed by atoms with Crippen molar-refractivity contribution in [3.63, 3.8) is 0 Å². The van der Waals surface area contributed by atoms with Gasteiger partial charge in [-0.15, -0.1) is 0 Å². The van der Waals surface area contributed by atoms with E-state index in [4.69, 9.17) is 51.2 Å². The standard InChI is InChI=1S/C57H106O13Si3/c1-21-44(39-63-40-45-31-29-28-30-32-45)33-43(8)48(69-72(22-2,23-3)24-4)34-46(62-18)37-52(70-73(25-5,26-6)27-7)56(12,13)54(59)53-50(66-57(14,15)67-53)36-47(68-71(19,20)55(9,10)11)35-49(64-41-60-16)51(38-58)65-42-61-17/h28-33,38,44,46-53H,21-27,34-37,39-42H2,1-20H3/b43-33-/t44-,46-,47+,48+,49-,50-,51-,52+,53-/m1/s1. The van der Waals surface area contributed by atoms with E-state index in [1.165, 1.54) is 19.8 Å². The summed E-state index contributed by atoms with van der Waals surface area (Å²) in [4.78, 5) is 28.3. The molecule has 73 heavy (non-hydrogen) atoms. The van der Waals surface area contributed by atoms with Crippen LogP contribution in [-0.4, -0.2) is 133 Å². The van der Waals surface area contributed by atoms with Crippen LogP contribution in [0, 0.1) is 11.3 Å². The first-order chi connectivity index (χ1) is 34.3. The van der Waals surface area contributed by atoms with Crippen molar-refractivity contribution < 1.29 is 60.8 Å². The minimum absolute atomic E-state index is 0.0593. The zero-order valence-corrected chi connectivity index (χ0v) is 52.7. The molecule has 1 fully saturated rings. The Kier molecular flexibility index (Phi) is 29.5. The molecule has 0 saturated carbocycles. The number of benzene rings is 1. The van der Waals surface area contributed by atoms with Crippen LogP contribution >= 0.6 is 0 Å². The highest BCUT2D eigenvalue weighted by Gasteiger charge is 2.54. The third kappa shape index (κ3) is 20.7. The Morgan fingerprint density at radius 2 is 1.32 bits per heavy atom. The summed E-state index contributed by atoms with van der Waals surface area (Å²) in [6.07, 6.45) is 0.861. The molecular weight excluding hydrogens is 977 g/mol. The molecule has 0 aromatic heterocycles. The van der Waals surface area contributed by atoms with Crippen molar-refractivity contribution >= 4 is 37.0 Å². The van der Waals surface area contributed by atoms with Crippen molar-refractivity contribution in [2.75, 3.05) is 41.5 Å². The quantitative estimate of drug-likeness (QED) is 0.0268. The number of aldehydes is 1. The molecule has 0 aliphatic carbocycles. The van der Waals surface area contributed by atoms with Gasteiger partial charge < -0.3 is 56.0 Å². The van der Waals surface area contributed by atoms with Gasteiger partial charge >= 0.3 is 0 Å². The Bertz CT molecular complexity index is 1710. The van der Waals surface area contributed by atoms with Crippen molar-refractivity contribution in [2.45, 2.75) is 252 Å². The highest BCUT2D eigenvalue weighted by atomic mass is 28.4. The third-order valence-corrected chi connectivity index (χ3v) is 30.2. The van der Waals surface area contributed by atoms with Crippen molar-refractivity contribution in [1.82, 2.24) is 0 Å². The maximum atomic E-state index is 15.8. The third-order valence-electron chi connectivity index (χ3n) is 16.3. The second kappa shape index (κ2) is 31.8. The Hall–Kier alpha value is -1.49. The topological polar surface area (TPSA) is 136 Å². The molecule has 0 N–H and O–H groups in total. The fourth-order valence-corrected chi connectivity index (χ4v) is 17.0. The highest BCUT2D eigenvalue weighted by Crippen LogP contribution is 2.44. The Labute approximate surface area is 447 Å². The summed E-state index contributed by atoms with van der Waals surface area (Å²) in [5.41, 5.74) is 1.30. The molecule has 2 rings (SSSR count). The van der Waals surface area contributed by atoms with Gasteiger partial charge in [0, 0.05) is 46.5 Å². The number of carbonyl (C=O) groups is 2. The zero-order valence-electron chi connectivity index (χ0n) is 49.7. The lowest BCUT2D eigenvalue weighted by Crippen LogP contribution is -2.53. The van der Waals surface area contributed by atoms with Crippen LogP contribution in [0.25, 0.3) is 0 Å². The van der Waals surface area contributed by atoms with Crippen LogP contribution in [0.3, 0.4) is 0 Å². The Balaban J connectivity index is 2.71. The normalized spacial score (nSPS) is 20.1. The van der Waals surface area contributed by atoms with E-state index in [-0.39, 0.29) is 49.0 Å². The second-order valence-electron chi connectivity index (χ2n) is 23.0. The summed E-state index contributed by atoms with van der Waals surface area (Å²) < 4.78 is 70.8. The molecule has 1 saturated heterocycles. The van der Waals surface area contributed by atoms with E-state index in [1.807, 2.05) is 45.9 Å². The van der Waals surface area contributed by atoms with Gasteiger partial charge in [-0.1, -0.05) is 119 Å². The number of hydrogen-bond donors (Lipinski definition) is 0. The molecule has 1 aliphatic heterocycles. The molecule has 1 heterocycles. The van der Waals surface area contributed by atoms with Crippen molar-refractivity contribution in [3.05, 3.63) is 47.5 Å². The molecule has 0 radical (unpaired) electrons. The van der Waals surface area contributed by atoms with E-state index >= 15 is 4.79 Å². The molecule has 13 nitrogen and oxygen atoms in total. The first-order valence-corrected chi connectivity index (χ1v) is 35.7. The van der Waals surface area contributed by atoms with Gasteiger partial charge in [-0.05, 0) is 99.1 Å². The van der Waals surface area contributed by atoms with Gasteiger partial charge in [-0.2, -0.15) is 0 Å². The summed E-state index contributed by atoms with van der Waals surface area (Å²) in [6, 6.07) is 16.1. The zero-order chi connectivity index (χ0) is 55.3. The summed E-state index contributed by atoms with van der Waals surface area (Å²) in [7, 11) is -2.07. The van der Waals surface area contributed by atoms with Gasteiger partial charge in [-0.3, -0.25) is 4.79 Å². The number of methoxy groups -OCH3 is 3. The maximum absolute atomic E-state index is 15.8.